The first-order valence-corrected chi connectivity index (χ1v) is 10.2. The number of anilines is 1. The monoisotopic (exact) mass is 361 g/mol. The normalized spacial score (nSPS) is 26.3. The maximum Gasteiger partial charge on any atom is 0.279 e. The van der Waals surface area contributed by atoms with Crippen molar-refractivity contribution in [2.45, 2.75) is 38.1 Å². The quantitative estimate of drug-likeness (QED) is 0.679. The van der Waals surface area contributed by atoms with Crippen LogP contribution in [0.1, 0.15) is 32.1 Å². The number of benzene rings is 1. The minimum absolute atomic E-state index is 0.0837. The summed E-state index contributed by atoms with van der Waals surface area (Å²) in [5, 5.41) is 3.01. The van der Waals surface area contributed by atoms with E-state index in [1.807, 2.05) is 23.1 Å². The molecule has 2 fully saturated rings. The number of ether oxygens (including phenoxy) is 2. The molecule has 0 atom stereocenters. The molecule has 6 heteroatoms. The maximum absolute atomic E-state index is 12.4. The van der Waals surface area contributed by atoms with E-state index in [4.69, 9.17) is 9.47 Å². The SMILES string of the molecule is O=C(C[NH+]1CCC([NH+]2CCCCC2)CC1)Nc1ccc2c(c1)OCCO2. The summed E-state index contributed by atoms with van der Waals surface area (Å²) in [6.45, 7) is 6.62. The van der Waals surface area contributed by atoms with Gasteiger partial charge in [-0.1, -0.05) is 0 Å². The highest BCUT2D eigenvalue weighted by Crippen LogP contribution is 2.32. The van der Waals surface area contributed by atoms with E-state index in [9.17, 15) is 4.79 Å². The molecule has 4 rings (SSSR count). The summed E-state index contributed by atoms with van der Waals surface area (Å²) in [5.74, 6) is 1.55. The summed E-state index contributed by atoms with van der Waals surface area (Å²) in [6.07, 6.45) is 6.69. The molecule has 6 nitrogen and oxygen atoms in total. The van der Waals surface area contributed by atoms with Crippen molar-refractivity contribution in [3.05, 3.63) is 18.2 Å². The Kier molecular flexibility index (Phi) is 5.60. The third kappa shape index (κ3) is 4.30. The number of quaternary nitrogens is 2. The first-order chi connectivity index (χ1) is 12.8. The van der Waals surface area contributed by atoms with Gasteiger partial charge in [-0.2, -0.15) is 0 Å². The molecule has 0 radical (unpaired) electrons. The Hall–Kier alpha value is -1.79. The van der Waals surface area contributed by atoms with Gasteiger partial charge in [0.05, 0.1) is 32.2 Å². The van der Waals surface area contributed by atoms with E-state index in [-0.39, 0.29) is 5.91 Å². The predicted octanol–water partition coefficient (Wildman–Crippen LogP) is -0.488. The van der Waals surface area contributed by atoms with Crippen LogP contribution >= 0.6 is 0 Å². The fourth-order valence-electron chi connectivity index (χ4n) is 4.58. The lowest BCUT2D eigenvalue weighted by atomic mass is 10.00. The Morgan fingerprint density at radius 2 is 1.73 bits per heavy atom. The number of rotatable bonds is 4. The van der Waals surface area contributed by atoms with Crippen molar-refractivity contribution in [1.29, 1.82) is 0 Å². The molecule has 1 aromatic rings. The first-order valence-electron chi connectivity index (χ1n) is 10.2. The minimum atomic E-state index is 0.0837. The molecule has 2 saturated heterocycles. The maximum atomic E-state index is 12.4. The highest BCUT2D eigenvalue weighted by atomic mass is 16.6. The summed E-state index contributed by atoms with van der Waals surface area (Å²) in [5.41, 5.74) is 0.784. The van der Waals surface area contributed by atoms with Gasteiger partial charge in [0.15, 0.2) is 18.0 Å². The van der Waals surface area contributed by atoms with Crippen molar-refractivity contribution in [2.24, 2.45) is 0 Å². The fraction of sp³-hybridized carbons (Fsp3) is 0.650. The number of carbonyl (C=O) groups is 1. The number of hydrogen-bond acceptors (Lipinski definition) is 3. The van der Waals surface area contributed by atoms with Crippen molar-refractivity contribution >= 4 is 11.6 Å². The molecule has 0 unspecified atom stereocenters. The zero-order chi connectivity index (χ0) is 17.8. The standard InChI is InChI=1S/C20H29N3O3/c24-20(21-16-4-5-18-19(14-16)26-13-12-25-18)15-22-10-6-17(7-11-22)23-8-2-1-3-9-23/h4-5,14,17H,1-3,6-13,15H2,(H,21,24)/p+2. The van der Waals surface area contributed by atoms with Crippen LogP contribution in [0.5, 0.6) is 11.5 Å². The number of amides is 1. The van der Waals surface area contributed by atoms with E-state index >= 15 is 0 Å². The molecular formula is C20H31N3O3+2. The Balaban J connectivity index is 1.24. The topological polar surface area (TPSA) is 56.4 Å². The molecule has 0 bridgehead atoms. The Morgan fingerprint density at radius 1 is 1.00 bits per heavy atom. The lowest BCUT2D eigenvalue weighted by molar-refractivity contribution is -0.958. The highest BCUT2D eigenvalue weighted by molar-refractivity contribution is 5.91. The average molecular weight is 361 g/mol. The number of hydrogen-bond donors (Lipinski definition) is 3. The van der Waals surface area contributed by atoms with Crippen LogP contribution in [0.2, 0.25) is 0 Å². The van der Waals surface area contributed by atoms with Gasteiger partial charge in [-0.25, -0.2) is 0 Å². The largest absolute Gasteiger partial charge is 0.486 e. The summed E-state index contributed by atoms with van der Waals surface area (Å²) in [7, 11) is 0. The number of nitrogens with one attached hydrogen (secondary N) is 3. The molecule has 142 valence electrons. The van der Waals surface area contributed by atoms with E-state index in [0.29, 0.717) is 25.5 Å². The molecule has 26 heavy (non-hydrogen) atoms. The van der Waals surface area contributed by atoms with Crippen LogP contribution in [-0.2, 0) is 4.79 Å². The van der Waals surface area contributed by atoms with Gasteiger partial charge < -0.3 is 24.6 Å². The van der Waals surface area contributed by atoms with Crippen LogP contribution in [-0.4, -0.2) is 57.9 Å². The molecule has 3 N–H and O–H groups in total. The zero-order valence-corrected chi connectivity index (χ0v) is 15.5. The summed E-state index contributed by atoms with van der Waals surface area (Å²) in [6, 6.07) is 6.42. The molecule has 0 aromatic heterocycles. The van der Waals surface area contributed by atoms with Crippen LogP contribution in [0.25, 0.3) is 0 Å². The molecule has 0 saturated carbocycles. The van der Waals surface area contributed by atoms with E-state index in [0.717, 1.165) is 30.6 Å². The lowest BCUT2D eigenvalue weighted by Gasteiger charge is -2.35. The Labute approximate surface area is 155 Å². The van der Waals surface area contributed by atoms with Gasteiger partial charge in [0, 0.05) is 24.6 Å². The van der Waals surface area contributed by atoms with Gasteiger partial charge in [-0.15, -0.1) is 0 Å². The van der Waals surface area contributed by atoms with Crippen molar-refractivity contribution < 1.29 is 24.1 Å². The van der Waals surface area contributed by atoms with Crippen LogP contribution in [0, 0.1) is 0 Å². The van der Waals surface area contributed by atoms with Crippen LogP contribution in [0.15, 0.2) is 18.2 Å². The van der Waals surface area contributed by atoms with Crippen molar-refractivity contribution in [2.75, 3.05) is 51.3 Å². The third-order valence-corrected chi connectivity index (χ3v) is 6.00. The van der Waals surface area contributed by atoms with Crippen molar-refractivity contribution in [3.63, 3.8) is 0 Å². The average Bonchev–Trinajstić information content (AvgIpc) is 2.69. The van der Waals surface area contributed by atoms with Gasteiger partial charge in [0.25, 0.3) is 5.91 Å². The number of piperidine rings is 2. The van der Waals surface area contributed by atoms with Crippen molar-refractivity contribution in [3.8, 4) is 11.5 Å². The molecule has 3 aliphatic heterocycles. The lowest BCUT2D eigenvalue weighted by Crippen LogP contribution is -3.21. The number of fused-ring (bicyclic) bond motifs is 1. The van der Waals surface area contributed by atoms with Crippen LogP contribution < -0.4 is 24.6 Å². The van der Waals surface area contributed by atoms with Gasteiger partial charge in [0.2, 0.25) is 0 Å². The molecule has 1 amide bonds. The minimum Gasteiger partial charge on any atom is -0.486 e. The van der Waals surface area contributed by atoms with Gasteiger partial charge in [-0.3, -0.25) is 4.79 Å². The smallest absolute Gasteiger partial charge is 0.279 e. The van der Waals surface area contributed by atoms with Gasteiger partial charge in [-0.05, 0) is 31.4 Å². The summed E-state index contributed by atoms with van der Waals surface area (Å²) >= 11 is 0. The van der Waals surface area contributed by atoms with E-state index < -0.39 is 0 Å². The predicted molar refractivity (Wildman–Crippen MR) is 99.2 cm³/mol. The second kappa shape index (κ2) is 8.27. The van der Waals surface area contributed by atoms with Crippen LogP contribution in [0.3, 0.4) is 0 Å². The summed E-state index contributed by atoms with van der Waals surface area (Å²) in [4.78, 5) is 15.6. The van der Waals surface area contributed by atoms with Crippen molar-refractivity contribution in [1.82, 2.24) is 0 Å². The van der Waals surface area contributed by atoms with Gasteiger partial charge >= 0.3 is 0 Å². The van der Waals surface area contributed by atoms with E-state index in [2.05, 4.69) is 5.32 Å². The molecule has 0 spiro atoms. The molecule has 3 aliphatic rings. The van der Waals surface area contributed by atoms with E-state index in [1.165, 1.54) is 50.1 Å². The number of carbonyl (C=O) groups excluding carboxylic acids is 1. The highest BCUT2D eigenvalue weighted by Gasteiger charge is 2.31. The first kappa shape index (κ1) is 17.6. The summed E-state index contributed by atoms with van der Waals surface area (Å²) < 4.78 is 11.1. The third-order valence-electron chi connectivity index (χ3n) is 6.00. The number of likely N-dealkylation sites (tertiary alicyclic amines) is 2. The fourth-order valence-corrected chi connectivity index (χ4v) is 4.58. The van der Waals surface area contributed by atoms with Gasteiger partial charge in [0.1, 0.15) is 13.2 Å². The second-order valence-electron chi connectivity index (χ2n) is 7.83. The molecular weight excluding hydrogens is 330 g/mol. The molecule has 1 aromatic carbocycles. The Morgan fingerprint density at radius 3 is 2.50 bits per heavy atom. The Bertz CT molecular complexity index is 623. The second-order valence-corrected chi connectivity index (χ2v) is 7.83. The van der Waals surface area contributed by atoms with Crippen LogP contribution in [0.4, 0.5) is 5.69 Å². The molecule has 0 aliphatic carbocycles. The molecule has 3 heterocycles. The van der Waals surface area contributed by atoms with E-state index in [1.54, 1.807) is 0 Å². The zero-order valence-electron chi connectivity index (χ0n) is 15.5.